The standard InChI is InChI=1S/C12H21N3O2/c1-9(16)10-5-3-7-14(10)12(17)11-6-4-8-15(11)13-2/h10-11,13H,3-8H2,1-2H3/t10-,11-/m1/s1/i3T/t3-,10+,11+/m0. The number of likely N-dealkylation sites (tertiary alicyclic amines) is 1. The summed E-state index contributed by atoms with van der Waals surface area (Å²) in [6, 6.07) is -0.568. The highest BCUT2D eigenvalue weighted by atomic mass is 16.2. The Labute approximate surface area is 104 Å². The van der Waals surface area contributed by atoms with Gasteiger partial charge in [0.1, 0.15) is 6.04 Å². The molecule has 2 aliphatic heterocycles. The largest absolute Gasteiger partial charge is 0.331 e. The fraction of sp³-hybridized carbons (Fsp3) is 0.833. The highest BCUT2D eigenvalue weighted by Crippen LogP contribution is 2.23. The summed E-state index contributed by atoms with van der Waals surface area (Å²) in [5.41, 5.74) is 3.03. The second-order valence-electron chi connectivity index (χ2n) is 4.72. The molecule has 2 heterocycles. The molecule has 0 aromatic rings. The molecular formula is C12H21N3O2. The van der Waals surface area contributed by atoms with Crippen LogP contribution in [-0.2, 0) is 9.59 Å². The number of nitrogens with one attached hydrogen (secondary N) is 1. The molecule has 2 fully saturated rings. The van der Waals surface area contributed by atoms with Crippen LogP contribution in [0, 0.1) is 0 Å². The van der Waals surface area contributed by atoms with Gasteiger partial charge in [-0.25, -0.2) is 5.01 Å². The van der Waals surface area contributed by atoms with Crippen molar-refractivity contribution in [3.63, 3.8) is 0 Å². The summed E-state index contributed by atoms with van der Waals surface area (Å²) in [6.07, 6.45) is 1.96. The van der Waals surface area contributed by atoms with Gasteiger partial charge in [0.25, 0.3) is 0 Å². The Balaban J connectivity index is 2.10. The van der Waals surface area contributed by atoms with E-state index in [-0.39, 0.29) is 30.2 Å². The van der Waals surface area contributed by atoms with Crippen LogP contribution in [-0.4, -0.2) is 53.8 Å². The number of hydrazine groups is 1. The molecule has 0 aromatic carbocycles. The minimum atomic E-state index is -0.390. The van der Waals surface area contributed by atoms with E-state index in [1.807, 2.05) is 12.1 Å². The van der Waals surface area contributed by atoms with Crippen molar-refractivity contribution in [3.8, 4) is 0 Å². The molecule has 3 atom stereocenters. The highest BCUT2D eigenvalue weighted by molar-refractivity contribution is 5.90. The quantitative estimate of drug-likeness (QED) is 0.765. The van der Waals surface area contributed by atoms with E-state index in [9.17, 15) is 9.59 Å². The van der Waals surface area contributed by atoms with Crippen LogP contribution in [0.5, 0.6) is 0 Å². The van der Waals surface area contributed by atoms with Crippen LogP contribution in [0.3, 0.4) is 0 Å². The van der Waals surface area contributed by atoms with E-state index in [0.717, 1.165) is 19.4 Å². The average Bonchev–Trinajstić information content (AvgIpc) is 2.93. The summed E-state index contributed by atoms with van der Waals surface area (Å²) in [5, 5.41) is 1.93. The maximum atomic E-state index is 12.5. The molecule has 0 radical (unpaired) electrons. The van der Waals surface area contributed by atoms with Crippen LogP contribution in [0.2, 0.25) is 0 Å². The zero-order valence-corrected chi connectivity index (χ0v) is 10.5. The summed E-state index contributed by atoms with van der Waals surface area (Å²) in [6.45, 7) is 2.75. The Morgan fingerprint density at radius 3 is 2.71 bits per heavy atom. The molecule has 17 heavy (non-hydrogen) atoms. The summed E-state index contributed by atoms with van der Waals surface area (Å²) in [5.74, 6) is -0.0103. The van der Waals surface area contributed by atoms with E-state index in [0.29, 0.717) is 13.0 Å². The Morgan fingerprint density at radius 1 is 1.29 bits per heavy atom. The van der Waals surface area contributed by atoms with Gasteiger partial charge in [0.05, 0.1) is 6.04 Å². The predicted molar refractivity (Wildman–Crippen MR) is 64.2 cm³/mol. The van der Waals surface area contributed by atoms with Gasteiger partial charge in [-0.1, -0.05) is 0 Å². The molecule has 96 valence electrons. The number of ketones is 1. The van der Waals surface area contributed by atoms with Crippen LogP contribution in [0.25, 0.3) is 0 Å². The van der Waals surface area contributed by atoms with Crippen molar-refractivity contribution in [1.29, 1.82) is 0 Å². The van der Waals surface area contributed by atoms with Crippen LogP contribution < -0.4 is 5.43 Å². The third-order valence-electron chi connectivity index (χ3n) is 3.67. The lowest BCUT2D eigenvalue weighted by atomic mass is 10.1. The lowest BCUT2D eigenvalue weighted by molar-refractivity contribution is -0.141. The first-order valence-electron chi connectivity index (χ1n) is 6.79. The molecule has 0 saturated carbocycles. The molecule has 5 nitrogen and oxygen atoms in total. The van der Waals surface area contributed by atoms with Gasteiger partial charge in [0, 0.05) is 14.5 Å². The second kappa shape index (κ2) is 5.14. The van der Waals surface area contributed by atoms with E-state index < -0.39 is 0 Å². The summed E-state index contributed by atoms with van der Waals surface area (Å²) >= 11 is 0. The molecule has 0 spiro atoms. The lowest BCUT2D eigenvalue weighted by Gasteiger charge is -2.29. The van der Waals surface area contributed by atoms with Crippen molar-refractivity contribution < 1.29 is 11.0 Å². The zero-order valence-electron chi connectivity index (χ0n) is 11.5. The number of hydrogen-bond donors (Lipinski definition) is 1. The molecule has 0 bridgehead atoms. The Kier molecular flexibility index (Phi) is 3.38. The third-order valence-corrected chi connectivity index (χ3v) is 3.67. The monoisotopic (exact) mass is 241 g/mol. The average molecular weight is 241 g/mol. The number of rotatable bonds is 3. The Morgan fingerprint density at radius 2 is 2.06 bits per heavy atom. The number of Topliss-reactive ketones (excluding diaryl/α,β-unsaturated/α-hetero) is 1. The molecule has 1 N–H and O–H groups in total. The Bertz CT molecular complexity index is 350. The van der Waals surface area contributed by atoms with Gasteiger partial charge in [-0.2, -0.15) is 0 Å². The van der Waals surface area contributed by atoms with Crippen molar-refractivity contribution in [1.82, 2.24) is 15.3 Å². The normalized spacial score (nSPS) is 35.1. The SMILES string of the molecule is [3H][C@H]1C[C@H](C(C)=O)N(C(=O)[C@H]2CCCN2NC)C1. The maximum absolute atomic E-state index is 12.5. The molecule has 2 rings (SSSR count). The van der Waals surface area contributed by atoms with Crippen molar-refractivity contribution in [3.05, 3.63) is 0 Å². The second-order valence-corrected chi connectivity index (χ2v) is 4.72. The highest BCUT2D eigenvalue weighted by Gasteiger charge is 2.39. The fourth-order valence-electron chi connectivity index (χ4n) is 2.74. The zero-order chi connectivity index (χ0) is 13.3. The predicted octanol–water partition coefficient (Wildman–Crippen LogP) is 0.165. The van der Waals surface area contributed by atoms with Gasteiger partial charge in [-0.3, -0.25) is 15.0 Å². The van der Waals surface area contributed by atoms with Crippen LogP contribution in [0.1, 0.15) is 34.0 Å². The molecule has 0 aliphatic carbocycles. The van der Waals surface area contributed by atoms with Crippen molar-refractivity contribution >= 4 is 11.7 Å². The third kappa shape index (κ3) is 2.35. The molecule has 2 saturated heterocycles. The lowest BCUT2D eigenvalue weighted by Crippen LogP contribution is -2.52. The fourth-order valence-corrected chi connectivity index (χ4v) is 2.74. The van der Waals surface area contributed by atoms with Gasteiger partial charge in [-0.05, 0) is 39.6 Å². The van der Waals surface area contributed by atoms with Crippen molar-refractivity contribution in [2.75, 3.05) is 20.1 Å². The van der Waals surface area contributed by atoms with E-state index in [4.69, 9.17) is 1.37 Å². The molecule has 2 aliphatic rings. The topological polar surface area (TPSA) is 52.7 Å². The number of carbonyl (C=O) groups excluding carboxylic acids is 2. The first-order valence-corrected chi connectivity index (χ1v) is 6.21. The molecule has 0 unspecified atom stereocenters. The van der Waals surface area contributed by atoms with Gasteiger partial charge in [-0.15, -0.1) is 0 Å². The van der Waals surface area contributed by atoms with Gasteiger partial charge < -0.3 is 4.90 Å². The van der Waals surface area contributed by atoms with Crippen molar-refractivity contribution in [2.45, 2.75) is 44.7 Å². The van der Waals surface area contributed by atoms with Crippen LogP contribution >= 0.6 is 0 Å². The number of nitrogens with zero attached hydrogens (tertiary/aromatic N) is 2. The number of carbonyl (C=O) groups is 2. The van der Waals surface area contributed by atoms with Crippen molar-refractivity contribution in [2.24, 2.45) is 0 Å². The number of amides is 1. The van der Waals surface area contributed by atoms with E-state index in [1.165, 1.54) is 6.92 Å². The van der Waals surface area contributed by atoms with Gasteiger partial charge >= 0.3 is 0 Å². The van der Waals surface area contributed by atoms with Gasteiger partial charge in [0.15, 0.2) is 5.78 Å². The van der Waals surface area contributed by atoms with Crippen LogP contribution in [0.15, 0.2) is 0 Å². The molecular weight excluding hydrogens is 218 g/mol. The summed E-state index contributed by atoms with van der Waals surface area (Å²) in [7, 11) is 1.81. The van der Waals surface area contributed by atoms with E-state index in [1.54, 1.807) is 4.90 Å². The first kappa shape index (κ1) is 11.2. The Hall–Kier alpha value is -0.940. The smallest absolute Gasteiger partial charge is 0.241 e. The minimum Gasteiger partial charge on any atom is -0.331 e. The van der Waals surface area contributed by atoms with Crippen LogP contribution in [0.4, 0.5) is 0 Å². The minimum absolute atomic E-state index is 0.00296. The number of hydrogen-bond acceptors (Lipinski definition) is 4. The van der Waals surface area contributed by atoms with Gasteiger partial charge in [0.2, 0.25) is 5.91 Å². The summed E-state index contributed by atoms with van der Waals surface area (Å²) in [4.78, 5) is 25.7. The summed E-state index contributed by atoms with van der Waals surface area (Å²) < 4.78 is 7.77. The molecule has 5 heteroatoms. The van der Waals surface area contributed by atoms with E-state index in [2.05, 4.69) is 5.43 Å². The molecule has 0 aromatic heterocycles. The first-order chi connectivity index (χ1) is 8.54. The van der Waals surface area contributed by atoms with E-state index >= 15 is 0 Å². The molecule has 1 amide bonds. The maximum Gasteiger partial charge on any atom is 0.241 e.